The number of aryl methyl sites for hydroxylation is 1. The molecule has 64 valence electrons. The van der Waals surface area contributed by atoms with E-state index in [1.54, 1.807) is 22.6 Å². The van der Waals surface area contributed by atoms with Gasteiger partial charge in [0.15, 0.2) is 0 Å². The van der Waals surface area contributed by atoms with E-state index in [0.717, 1.165) is 18.4 Å². The van der Waals surface area contributed by atoms with Gasteiger partial charge in [0.05, 0.1) is 0 Å². The molecule has 0 bridgehead atoms. The highest BCUT2D eigenvalue weighted by Gasteiger charge is 2.19. The molecular formula is C8H9IN2O. The molecule has 0 radical (unpaired) electrons. The second-order valence-corrected chi connectivity index (χ2v) is 3.99. The van der Waals surface area contributed by atoms with E-state index in [-0.39, 0.29) is 3.79 Å². The maximum Gasteiger partial charge on any atom is 0.242 e. The Balaban J connectivity index is 2.44. The minimum atomic E-state index is 0.0481. The zero-order chi connectivity index (χ0) is 8.55. The number of H-pyrrole nitrogens is 1. The van der Waals surface area contributed by atoms with Crippen molar-refractivity contribution in [3.8, 4) is 0 Å². The van der Waals surface area contributed by atoms with Crippen molar-refractivity contribution in [1.29, 1.82) is 0 Å². The first-order valence-corrected chi connectivity index (χ1v) is 5.13. The van der Waals surface area contributed by atoms with Crippen molar-refractivity contribution in [3.63, 3.8) is 0 Å². The van der Waals surface area contributed by atoms with Crippen LogP contribution in [0.3, 0.4) is 0 Å². The van der Waals surface area contributed by atoms with E-state index in [4.69, 9.17) is 0 Å². The van der Waals surface area contributed by atoms with Crippen molar-refractivity contribution in [2.24, 2.45) is 0 Å². The van der Waals surface area contributed by atoms with E-state index in [9.17, 15) is 4.79 Å². The summed E-state index contributed by atoms with van der Waals surface area (Å²) in [6.45, 7) is 0. The Kier molecular flexibility index (Phi) is 2.16. The highest BCUT2D eigenvalue weighted by molar-refractivity contribution is 14.1. The molecule has 1 aromatic heterocycles. The molecule has 2 rings (SSSR count). The van der Waals surface area contributed by atoms with Gasteiger partial charge in [0.1, 0.15) is 5.69 Å². The van der Waals surface area contributed by atoms with Gasteiger partial charge in [0, 0.05) is 33.8 Å². The number of aromatic nitrogens is 2. The molecule has 1 aliphatic carbocycles. The van der Waals surface area contributed by atoms with E-state index in [0.29, 0.717) is 5.69 Å². The van der Waals surface area contributed by atoms with E-state index in [2.05, 4.69) is 10.2 Å². The minimum Gasteiger partial charge on any atom is -0.282 e. The van der Waals surface area contributed by atoms with Gasteiger partial charge in [-0.05, 0) is 25.7 Å². The number of carbonyl (C=O) groups excluding carboxylic acids is 1. The Morgan fingerprint density at radius 2 is 2.17 bits per heavy atom. The molecule has 0 saturated heterocycles. The average Bonchev–Trinajstić information content (AvgIpc) is 2.47. The zero-order valence-corrected chi connectivity index (χ0v) is 8.72. The Morgan fingerprint density at radius 1 is 1.42 bits per heavy atom. The van der Waals surface area contributed by atoms with E-state index in [1.165, 1.54) is 18.5 Å². The molecule has 0 spiro atoms. The fourth-order valence-corrected chi connectivity index (χ4v) is 2.09. The molecular weight excluding hydrogens is 267 g/mol. The largest absolute Gasteiger partial charge is 0.282 e. The SMILES string of the molecule is O=C(I)c1n[nH]c2c1CCCC2. The summed E-state index contributed by atoms with van der Waals surface area (Å²) in [5.41, 5.74) is 2.97. The standard InChI is InChI=1S/C8H9IN2O/c9-8(12)7-5-3-1-2-4-6(5)10-11-7/h1-4H2,(H,10,11). The van der Waals surface area contributed by atoms with Crippen LogP contribution in [0, 0.1) is 0 Å². The molecule has 12 heavy (non-hydrogen) atoms. The topological polar surface area (TPSA) is 45.8 Å². The van der Waals surface area contributed by atoms with Crippen LogP contribution >= 0.6 is 22.6 Å². The summed E-state index contributed by atoms with van der Waals surface area (Å²) in [7, 11) is 0. The molecule has 0 aromatic carbocycles. The maximum atomic E-state index is 11.1. The molecule has 1 heterocycles. The summed E-state index contributed by atoms with van der Waals surface area (Å²) < 4.78 is 0.0481. The monoisotopic (exact) mass is 276 g/mol. The van der Waals surface area contributed by atoms with Crippen LogP contribution in [0.4, 0.5) is 0 Å². The number of hydrogen-bond donors (Lipinski definition) is 1. The molecule has 0 atom stereocenters. The molecule has 1 aromatic rings. The van der Waals surface area contributed by atoms with E-state index < -0.39 is 0 Å². The van der Waals surface area contributed by atoms with Crippen LogP contribution in [0.15, 0.2) is 0 Å². The fraction of sp³-hybridized carbons (Fsp3) is 0.500. The van der Waals surface area contributed by atoms with Crippen molar-refractivity contribution < 1.29 is 4.79 Å². The van der Waals surface area contributed by atoms with Crippen molar-refractivity contribution in [2.75, 3.05) is 0 Å². The third-order valence-corrected chi connectivity index (χ3v) is 2.75. The molecule has 0 aliphatic heterocycles. The lowest BCUT2D eigenvalue weighted by Crippen LogP contribution is -2.03. The lowest BCUT2D eigenvalue weighted by molar-refractivity contribution is 0.110. The highest BCUT2D eigenvalue weighted by atomic mass is 127. The van der Waals surface area contributed by atoms with Crippen molar-refractivity contribution in [1.82, 2.24) is 10.2 Å². The van der Waals surface area contributed by atoms with Crippen LogP contribution in [0.1, 0.15) is 34.6 Å². The van der Waals surface area contributed by atoms with Gasteiger partial charge in [-0.3, -0.25) is 9.89 Å². The van der Waals surface area contributed by atoms with Gasteiger partial charge < -0.3 is 0 Å². The average molecular weight is 276 g/mol. The number of rotatable bonds is 1. The summed E-state index contributed by atoms with van der Waals surface area (Å²) >= 11 is 1.79. The molecule has 0 fully saturated rings. The van der Waals surface area contributed by atoms with Crippen LogP contribution in [0.25, 0.3) is 0 Å². The second-order valence-electron chi connectivity index (χ2n) is 3.01. The third kappa shape index (κ3) is 1.28. The summed E-state index contributed by atoms with van der Waals surface area (Å²) in [5, 5.41) is 6.95. The first-order chi connectivity index (χ1) is 5.79. The Bertz CT molecular complexity index is 319. The number of hydrogen-bond acceptors (Lipinski definition) is 2. The molecule has 3 nitrogen and oxygen atoms in total. The Morgan fingerprint density at radius 3 is 2.92 bits per heavy atom. The maximum absolute atomic E-state index is 11.1. The van der Waals surface area contributed by atoms with Crippen LogP contribution in [0.5, 0.6) is 0 Å². The van der Waals surface area contributed by atoms with Crippen LogP contribution < -0.4 is 0 Å². The van der Waals surface area contributed by atoms with Crippen LogP contribution in [-0.4, -0.2) is 14.0 Å². The number of carbonyl (C=O) groups is 1. The second kappa shape index (κ2) is 3.16. The quantitative estimate of drug-likeness (QED) is 0.628. The first-order valence-electron chi connectivity index (χ1n) is 4.05. The van der Waals surface area contributed by atoms with Gasteiger partial charge in [-0.15, -0.1) is 0 Å². The predicted octanol–water partition coefficient (Wildman–Crippen LogP) is 1.86. The molecule has 1 aliphatic rings. The van der Waals surface area contributed by atoms with Gasteiger partial charge in [-0.25, -0.2) is 0 Å². The Labute approximate surface area is 84.1 Å². The predicted molar refractivity (Wildman–Crippen MR) is 53.6 cm³/mol. The number of nitrogens with zero attached hydrogens (tertiary/aromatic N) is 1. The summed E-state index contributed by atoms with van der Waals surface area (Å²) in [6, 6.07) is 0. The van der Waals surface area contributed by atoms with Crippen molar-refractivity contribution in [2.45, 2.75) is 25.7 Å². The lowest BCUT2D eigenvalue weighted by Gasteiger charge is -2.09. The Hall–Kier alpha value is -0.390. The number of nitrogens with one attached hydrogen (secondary N) is 1. The molecule has 0 amide bonds. The van der Waals surface area contributed by atoms with Crippen molar-refractivity contribution >= 4 is 26.4 Å². The van der Waals surface area contributed by atoms with Gasteiger partial charge in [0.2, 0.25) is 3.79 Å². The van der Waals surface area contributed by atoms with Crippen molar-refractivity contribution in [3.05, 3.63) is 17.0 Å². The minimum absolute atomic E-state index is 0.0481. The third-order valence-electron chi connectivity index (χ3n) is 2.24. The smallest absolute Gasteiger partial charge is 0.242 e. The molecule has 1 N–H and O–H groups in total. The van der Waals surface area contributed by atoms with Gasteiger partial charge in [-0.2, -0.15) is 5.10 Å². The van der Waals surface area contributed by atoms with E-state index in [1.807, 2.05) is 0 Å². The molecule has 0 unspecified atom stereocenters. The van der Waals surface area contributed by atoms with Crippen LogP contribution in [0.2, 0.25) is 0 Å². The normalized spacial score (nSPS) is 15.8. The number of halogens is 1. The van der Waals surface area contributed by atoms with Gasteiger partial charge in [0.25, 0.3) is 0 Å². The van der Waals surface area contributed by atoms with E-state index >= 15 is 0 Å². The molecule has 0 saturated carbocycles. The molecule has 4 heteroatoms. The van der Waals surface area contributed by atoms with Gasteiger partial charge in [-0.1, -0.05) is 0 Å². The first kappa shape index (κ1) is 8.22. The highest BCUT2D eigenvalue weighted by Crippen LogP contribution is 2.23. The summed E-state index contributed by atoms with van der Waals surface area (Å²) in [6.07, 6.45) is 4.45. The fourth-order valence-electron chi connectivity index (χ4n) is 1.64. The number of fused-ring (bicyclic) bond motifs is 1. The van der Waals surface area contributed by atoms with Crippen LogP contribution in [-0.2, 0) is 12.8 Å². The summed E-state index contributed by atoms with van der Waals surface area (Å²) in [4.78, 5) is 11.1. The lowest BCUT2D eigenvalue weighted by atomic mass is 9.96. The summed E-state index contributed by atoms with van der Waals surface area (Å²) in [5.74, 6) is 0. The number of aromatic amines is 1. The van der Waals surface area contributed by atoms with Gasteiger partial charge >= 0.3 is 0 Å². The zero-order valence-electron chi connectivity index (χ0n) is 6.56.